The highest BCUT2D eigenvalue weighted by Crippen LogP contribution is 2.14. The van der Waals surface area contributed by atoms with Crippen molar-refractivity contribution in [3.63, 3.8) is 0 Å². The van der Waals surface area contributed by atoms with E-state index in [0.29, 0.717) is 0 Å². The first-order chi connectivity index (χ1) is 6.81. The van der Waals surface area contributed by atoms with Gasteiger partial charge in [-0.1, -0.05) is 25.1 Å². The molecule has 0 N–H and O–H groups in total. The van der Waals surface area contributed by atoms with E-state index in [1.807, 2.05) is 37.3 Å². The lowest BCUT2D eigenvalue weighted by molar-refractivity contribution is 0.827. The third kappa shape index (κ3) is 1.70. The fourth-order valence-corrected chi connectivity index (χ4v) is 1.70. The number of benzene rings is 1. The summed E-state index contributed by atoms with van der Waals surface area (Å²) in [6, 6.07) is 9.94. The van der Waals surface area contributed by atoms with E-state index in [-0.39, 0.29) is 0 Å². The Kier molecular flexibility index (Phi) is 2.63. The third-order valence-corrected chi connectivity index (χ3v) is 2.44. The standard InChI is InChI=1S/C10H10BrN3/c1-2-9-12-10(11)14(13-9)8-6-4-3-5-7-8/h3-7H,2H2,1H3. The van der Waals surface area contributed by atoms with Gasteiger partial charge in [0.25, 0.3) is 0 Å². The van der Waals surface area contributed by atoms with Gasteiger partial charge in [-0.3, -0.25) is 0 Å². The number of aryl methyl sites for hydroxylation is 1. The van der Waals surface area contributed by atoms with Crippen LogP contribution < -0.4 is 0 Å². The van der Waals surface area contributed by atoms with Gasteiger partial charge >= 0.3 is 0 Å². The van der Waals surface area contributed by atoms with Crippen LogP contribution in [0.5, 0.6) is 0 Å². The predicted molar refractivity (Wildman–Crippen MR) is 58.4 cm³/mol. The molecule has 0 saturated carbocycles. The largest absolute Gasteiger partial charge is 0.207 e. The lowest BCUT2D eigenvalue weighted by Gasteiger charge is -1.99. The molecular weight excluding hydrogens is 242 g/mol. The summed E-state index contributed by atoms with van der Waals surface area (Å²) in [6.45, 7) is 2.04. The first-order valence-electron chi connectivity index (χ1n) is 4.48. The number of halogens is 1. The van der Waals surface area contributed by atoms with E-state index in [2.05, 4.69) is 26.0 Å². The second kappa shape index (κ2) is 3.92. The maximum Gasteiger partial charge on any atom is 0.200 e. The van der Waals surface area contributed by atoms with Gasteiger partial charge in [-0.15, -0.1) is 0 Å². The van der Waals surface area contributed by atoms with Crippen LogP contribution in [0.3, 0.4) is 0 Å². The fourth-order valence-electron chi connectivity index (χ4n) is 1.22. The van der Waals surface area contributed by atoms with Crippen molar-refractivity contribution in [3.05, 3.63) is 40.9 Å². The monoisotopic (exact) mass is 251 g/mol. The molecule has 0 bridgehead atoms. The topological polar surface area (TPSA) is 30.7 Å². The summed E-state index contributed by atoms with van der Waals surface area (Å²) < 4.78 is 2.54. The van der Waals surface area contributed by atoms with E-state index in [1.54, 1.807) is 4.68 Å². The quantitative estimate of drug-likeness (QED) is 0.822. The summed E-state index contributed by atoms with van der Waals surface area (Å²) in [7, 11) is 0. The van der Waals surface area contributed by atoms with Crippen molar-refractivity contribution in [1.82, 2.24) is 14.8 Å². The van der Waals surface area contributed by atoms with Crippen LogP contribution in [0.25, 0.3) is 5.69 Å². The summed E-state index contributed by atoms with van der Waals surface area (Å²) in [4.78, 5) is 4.27. The molecule has 0 spiro atoms. The van der Waals surface area contributed by atoms with Crippen molar-refractivity contribution in [2.24, 2.45) is 0 Å². The van der Waals surface area contributed by atoms with Gasteiger partial charge in [-0.25, -0.2) is 9.67 Å². The maximum atomic E-state index is 4.36. The number of hydrogen-bond acceptors (Lipinski definition) is 2. The van der Waals surface area contributed by atoms with Crippen LogP contribution >= 0.6 is 15.9 Å². The molecule has 0 radical (unpaired) electrons. The zero-order valence-corrected chi connectivity index (χ0v) is 9.40. The minimum absolute atomic E-state index is 0.751. The molecular formula is C10H10BrN3. The Hall–Kier alpha value is -1.16. The highest BCUT2D eigenvalue weighted by Gasteiger charge is 2.06. The van der Waals surface area contributed by atoms with Crippen molar-refractivity contribution in [3.8, 4) is 5.69 Å². The summed E-state index contributed by atoms with van der Waals surface area (Å²) in [5, 5.41) is 4.36. The Bertz CT molecular complexity index is 422. The SMILES string of the molecule is CCc1nc(Br)n(-c2ccccc2)n1. The van der Waals surface area contributed by atoms with Crippen molar-refractivity contribution >= 4 is 15.9 Å². The molecule has 0 unspecified atom stereocenters. The molecule has 0 amide bonds. The Morgan fingerprint density at radius 1 is 1.29 bits per heavy atom. The lowest BCUT2D eigenvalue weighted by atomic mass is 10.3. The lowest BCUT2D eigenvalue weighted by Crippen LogP contribution is -1.96. The van der Waals surface area contributed by atoms with Crippen LogP contribution in [0, 0.1) is 0 Å². The Labute approximate surface area is 90.9 Å². The van der Waals surface area contributed by atoms with Gasteiger partial charge in [0, 0.05) is 6.42 Å². The van der Waals surface area contributed by atoms with Gasteiger partial charge in [0.2, 0.25) is 0 Å². The smallest absolute Gasteiger partial charge is 0.200 e. The number of hydrogen-bond donors (Lipinski definition) is 0. The summed E-state index contributed by atoms with van der Waals surface area (Å²) in [5.41, 5.74) is 1.02. The Morgan fingerprint density at radius 3 is 2.57 bits per heavy atom. The van der Waals surface area contributed by atoms with Gasteiger partial charge in [-0.05, 0) is 28.1 Å². The Morgan fingerprint density at radius 2 is 2.00 bits per heavy atom. The van der Waals surface area contributed by atoms with Gasteiger partial charge in [0.1, 0.15) is 0 Å². The van der Waals surface area contributed by atoms with Crippen molar-refractivity contribution in [2.75, 3.05) is 0 Å². The van der Waals surface area contributed by atoms with Gasteiger partial charge in [-0.2, -0.15) is 5.10 Å². The first kappa shape index (κ1) is 9.40. The second-order valence-corrected chi connectivity index (χ2v) is 3.61. The molecule has 2 rings (SSSR count). The molecule has 0 aliphatic carbocycles. The van der Waals surface area contributed by atoms with Crippen LogP contribution in [0.15, 0.2) is 35.1 Å². The molecule has 0 saturated heterocycles. The van der Waals surface area contributed by atoms with Crippen LogP contribution in [-0.2, 0) is 6.42 Å². The average Bonchev–Trinajstić information content (AvgIpc) is 2.61. The number of nitrogens with zero attached hydrogens (tertiary/aromatic N) is 3. The molecule has 1 aromatic heterocycles. The molecule has 1 heterocycles. The van der Waals surface area contributed by atoms with Gasteiger partial charge in [0.15, 0.2) is 10.6 Å². The fraction of sp³-hybridized carbons (Fsp3) is 0.200. The normalized spacial score (nSPS) is 10.4. The maximum absolute atomic E-state index is 4.36. The molecule has 4 heteroatoms. The third-order valence-electron chi connectivity index (χ3n) is 1.93. The highest BCUT2D eigenvalue weighted by atomic mass is 79.9. The van der Waals surface area contributed by atoms with Crippen molar-refractivity contribution in [2.45, 2.75) is 13.3 Å². The second-order valence-electron chi connectivity index (χ2n) is 2.90. The van der Waals surface area contributed by atoms with Crippen LogP contribution in [0.1, 0.15) is 12.7 Å². The zero-order chi connectivity index (χ0) is 9.97. The highest BCUT2D eigenvalue weighted by molar-refractivity contribution is 9.10. The number of rotatable bonds is 2. The van der Waals surface area contributed by atoms with Gasteiger partial charge in [0.05, 0.1) is 5.69 Å². The van der Waals surface area contributed by atoms with Crippen LogP contribution in [0.4, 0.5) is 0 Å². The average molecular weight is 252 g/mol. The predicted octanol–water partition coefficient (Wildman–Crippen LogP) is 2.59. The Balaban J connectivity index is 2.46. The molecule has 3 nitrogen and oxygen atoms in total. The minimum atomic E-state index is 0.751. The van der Waals surface area contributed by atoms with E-state index in [0.717, 1.165) is 22.7 Å². The van der Waals surface area contributed by atoms with Crippen molar-refractivity contribution in [1.29, 1.82) is 0 Å². The summed E-state index contributed by atoms with van der Waals surface area (Å²) in [5.74, 6) is 0.848. The molecule has 2 aromatic rings. The van der Waals surface area contributed by atoms with Crippen LogP contribution in [0.2, 0.25) is 0 Å². The number of aromatic nitrogens is 3. The van der Waals surface area contributed by atoms with E-state index in [4.69, 9.17) is 0 Å². The molecule has 1 aromatic carbocycles. The van der Waals surface area contributed by atoms with Crippen LogP contribution in [-0.4, -0.2) is 14.8 Å². The summed E-state index contributed by atoms with van der Waals surface area (Å²) in [6.07, 6.45) is 0.846. The van der Waals surface area contributed by atoms with Crippen molar-refractivity contribution < 1.29 is 0 Å². The molecule has 14 heavy (non-hydrogen) atoms. The summed E-state index contributed by atoms with van der Waals surface area (Å²) >= 11 is 3.38. The molecule has 0 aliphatic rings. The molecule has 0 fully saturated rings. The first-order valence-corrected chi connectivity index (χ1v) is 5.27. The van der Waals surface area contributed by atoms with E-state index in [9.17, 15) is 0 Å². The van der Waals surface area contributed by atoms with E-state index in [1.165, 1.54) is 0 Å². The zero-order valence-electron chi connectivity index (χ0n) is 7.81. The number of para-hydroxylation sites is 1. The molecule has 0 aliphatic heterocycles. The van der Waals surface area contributed by atoms with E-state index < -0.39 is 0 Å². The van der Waals surface area contributed by atoms with E-state index >= 15 is 0 Å². The minimum Gasteiger partial charge on any atom is -0.207 e. The van der Waals surface area contributed by atoms with Gasteiger partial charge < -0.3 is 0 Å². The molecule has 72 valence electrons. The molecule has 0 atom stereocenters.